The van der Waals surface area contributed by atoms with Gasteiger partial charge in [0.15, 0.2) is 0 Å². The molecule has 1 unspecified atom stereocenters. The fourth-order valence-corrected chi connectivity index (χ4v) is 7.31. The van der Waals surface area contributed by atoms with E-state index in [9.17, 15) is 0 Å². The summed E-state index contributed by atoms with van der Waals surface area (Å²) in [4.78, 5) is 0. The zero-order valence-electron chi connectivity index (χ0n) is 15.4. The van der Waals surface area contributed by atoms with Crippen LogP contribution in [0.5, 0.6) is 0 Å². The molecule has 5 rings (SSSR count). The van der Waals surface area contributed by atoms with Crippen molar-refractivity contribution in [3.05, 3.63) is 72.8 Å². The number of rotatable bonds is 3. The second kappa shape index (κ2) is 6.15. The summed E-state index contributed by atoms with van der Waals surface area (Å²) in [5.41, 5.74) is 0. The van der Waals surface area contributed by atoms with E-state index in [0.717, 1.165) is 5.92 Å². The van der Waals surface area contributed by atoms with Crippen molar-refractivity contribution in [1.29, 1.82) is 0 Å². The van der Waals surface area contributed by atoms with Crippen LogP contribution < -0.4 is 0 Å². The van der Waals surface area contributed by atoms with Crippen molar-refractivity contribution in [2.24, 2.45) is 5.92 Å². The Morgan fingerprint density at radius 1 is 0.692 bits per heavy atom. The van der Waals surface area contributed by atoms with Gasteiger partial charge in [0.1, 0.15) is 0 Å². The Labute approximate surface area is 155 Å². The lowest BCUT2D eigenvalue weighted by molar-refractivity contribution is 0.601. The van der Waals surface area contributed by atoms with Crippen LogP contribution in [0.4, 0.5) is 0 Å². The van der Waals surface area contributed by atoms with Gasteiger partial charge in [-0.25, -0.2) is 0 Å². The Morgan fingerprint density at radius 2 is 1.19 bits per heavy atom. The van der Waals surface area contributed by atoms with Crippen LogP contribution in [-0.4, -0.2) is 0 Å². The molecule has 0 saturated heterocycles. The first kappa shape index (κ1) is 15.9. The predicted molar refractivity (Wildman–Crippen MR) is 119 cm³/mol. The van der Waals surface area contributed by atoms with Gasteiger partial charge >= 0.3 is 0 Å². The number of benzene rings is 4. The minimum atomic E-state index is -0.268. The lowest BCUT2D eigenvalue weighted by atomic mass is 10.00. The summed E-state index contributed by atoms with van der Waals surface area (Å²) >= 11 is 0. The van der Waals surface area contributed by atoms with Gasteiger partial charge in [0, 0.05) is 21.0 Å². The summed E-state index contributed by atoms with van der Waals surface area (Å²) in [5, 5.41) is 11.7. The molecule has 1 atom stereocenters. The normalized spacial score (nSPS) is 13.2. The van der Waals surface area contributed by atoms with E-state index >= 15 is 0 Å². The van der Waals surface area contributed by atoms with Crippen molar-refractivity contribution in [1.82, 2.24) is 0 Å². The Balaban J connectivity index is 2.04. The molecule has 1 heteroatoms. The lowest BCUT2D eigenvalue weighted by Crippen LogP contribution is -1.90. The summed E-state index contributed by atoms with van der Waals surface area (Å²) < 4.78 is 0. The summed E-state index contributed by atoms with van der Waals surface area (Å²) in [7, 11) is -0.268. The Morgan fingerprint density at radius 3 is 1.69 bits per heavy atom. The lowest BCUT2D eigenvalue weighted by Gasteiger charge is -2.10. The molecule has 0 aliphatic rings. The van der Waals surface area contributed by atoms with Gasteiger partial charge in [0.25, 0.3) is 0 Å². The van der Waals surface area contributed by atoms with Crippen molar-refractivity contribution in [2.45, 2.75) is 26.4 Å². The predicted octanol–water partition coefficient (Wildman–Crippen LogP) is 8.33. The van der Waals surface area contributed by atoms with Crippen molar-refractivity contribution in [2.75, 3.05) is 0 Å². The van der Waals surface area contributed by atoms with Gasteiger partial charge in [-0.05, 0) is 45.8 Å². The minimum Gasteiger partial charge on any atom is -0.108 e. The summed E-state index contributed by atoms with van der Waals surface area (Å²) in [6, 6.07) is 27.3. The van der Waals surface area contributed by atoms with Gasteiger partial charge < -0.3 is 0 Å². The summed E-state index contributed by atoms with van der Waals surface area (Å²) in [6.45, 7) is 4.72. The standard InChI is InChI=1S/C25H23P/c1-3-17(2)16-26-22-14-12-18-8-4-6-10-20(18)24(22)25-21-11-7-5-9-19(21)13-15-23(25)26/h4-15,17H,3,16H2,1-2H3. The van der Waals surface area contributed by atoms with E-state index in [1.54, 1.807) is 10.2 Å². The van der Waals surface area contributed by atoms with Gasteiger partial charge in [0.2, 0.25) is 0 Å². The van der Waals surface area contributed by atoms with Gasteiger partial charge in [0.05, 0.1) is 0 Å². The second-order valence-electron chi connectivity index (χ2n) is 7.49. The van der Waals surface area contributed by atoms with Crippen molar-refractivity contribution >= 4 is 50.1 Å². The smallest absolute Gasteiger partial charge is 0.00306 e. The molecule has 0 amide bonds. The van der Waals surface area contributed by atoms with E-state index in [2.05, 4.69) is 86.6 Å². The van der Waals surface area contributed by atoms with Crippen molar-refractivity contribution in [3.63, 3.8) is 0 Å². The molecule has 1 aromatic heterocycles. The highest BCUT2D eigenvalue weighted by molar-refractivity contribution is 7.60. The van der Waals surface area contributed by atoms with Crippen LogP contribution in [-0.2, 0) is 6.16 Å². The molecule has 26 heavy (non-hydrogen) atoms. The Hall–Kier alpha value is -2.30. The van der Waals surface area contributed by atoms with Crippen molar-refractivity contribution < 1.29 is 0 Å². The maximum absolute atomic E-state index is 2.42. The molecule has 128 valence electrons. The van der Waals surface area contributed by atoms with Gasteiger partial charge in [-0.15, -0.1) is 7.53 Å². The van der Waals surface area contributed by atoms with E-state index in [1.807, 2.05) is 0 Å². The SMILES string of the molecule is CCC(C)Cp1c2ccc3ccccc3c2c2c3ccccc3ccc21. The van der Waals surface area contributed by atoms with Crippen molar-refractivity contribution in [3.8, 4) is 0 Å². The Bertz CT molecular complexity index is 1170. The molecular weight excluding hydrogens is 331 g/mol. The fourth-order valence-electron chi connectivity index (χ4n) is 4.26. The summed E-state index contributed by atoms with van der Waals surface area (Å²) in [5.74, 6) is 0.762. The zero-order valence-corrected chi connectivity index (χ0v) is 16.3. The van der Waals surface area contributed by atoms with Crippen LogP contribution in [0.25, 0.3) is 42.6 Å². The third-order valence-corrected chi connectivity index (χ3v) is 8.73. The Kier molecular flexibility index (Phi) is 3.76. The third-order valence-electron chi connectivity index (χ3n) is 5.84. The molecule has 4 aromatic carbocycles. The molecule has 5 aromatic rings. The van der Waals surface area contributed by atoms with E-state index in [-0.39, 0.29) is 7.53 Å². The monoisotopic (exact) mass is 354 g/mol. The quantitative estimate of drug-likeness (QED) is 0.305. The van der Waals surface area contributed by atoms with Crippen LogP contribution >= 0.6 is 7.53 Å². The molecule has 0 spiro atoms. The van der Waals surface area contributed by atoms with Crippen LogP contribution in [0.3, 0.4) is 0 Å². The van der Waals surface area contributed by atoms with Crippen LogP contribution in [0.15, 0.2) is 72.8 Å². The molecular formula is C25H23P. The maximum Gasteiger partial charge on any atom is 0.00306 e. The molecule has 0 fully saturated rings. The van der Waals surface area contributed by atoms with Crippen LogP contribution in [0.2, 0.25) is 0 Å². The molecule has 0 nitrogen and oxygen atoms in total. The van der Waals surface area contributed by atoms with Crippen LogP contribution in [0, 0.1) is 5.92 Å². The van der Waals surface area contributed by atoms with E-state index < -0.39 is 0 Å². The third kappa shape index (κ3) is 2.29. The average molecular weight is 354 g/mol. The molecule has 0 N–H and O–H groups in total. The van der Waals surface area contributed by atoms with E-state index in [4.69, 9.17) is 0 Å². The van der Waals surface area contributed by atoms with Gasteiger partial charge in [-0.1, -0.05) is 80.9 Å². The number of fused-ring (bicyclic) bond motifs is 7. The molecule has 0 saturated carbocycles. The minimum absolute atomic E-state index is 0.268. The maximum atomic E-state index is 2.42. The molecule has 0 aliphatic heterocycles. The first-order chi connectivity index (χ1) is 12.8. The topological polar surface area (TPSA) is 0 Å². The van der Waals surface area contributed by atoms with Gasteiger partial charge in [-0.3, -0.25) is 0 Å². The molecule has 0 bridgehead atoms. The van der Waals surface area contributed by atoms with Gasteiger partial charge in [-0.2, -0.15) is 0 Å². The van der Waals surface area contributed by atoms with E-state index in [1.165, 1.54) is 44.9 Å². The molecule has 1 heterocycles. The molecule has 0 radical (unpaired) electrons. The zero-order chi connectivity index (χ0) is 17.7. The highest BCUT2D eigenvalue weighted by Gasteiger charge is 2.17. The fraction of sp³-hybridized carbons (Fsp3) is 0.200. The summed E-state index contributed by atoms with van der Waals surface area (Å²) in [6.07, 6.45) is 2.55. The number of hydrogen-bond acceptors (Lipinski definition) is 0. The van der Waals surface area contributed by atoms with E-state index in [0.29, 0.717) is 0 Å². The largest absolute Gasteiger partial charge is 0.108 e. The molecule has 0 aliphatic carbocycles. The highest BCUT2D eigenvalue weighted by atomic mass is 31.1. The average Bonchev–Trinajstić information content (AvgIpc) is 3.02. The first-order valence-corrected chi connectivity index (χ1v) is 11.1. The van der Waals surface area contributed by atoms with Crippen LogP contribution in [0.1, 0.15) is 20.3 Å². The second-order valence-corrected chi connectivity index (χ2v) is 9.67. The highest BCUT2D eigenvalue weighted by Crippen LogP contribution is 2.54. The first-order valence-electron chi connectivity index (χ1n) is 9.59. The number of hydrogen-bond donors (Lipinski definition) is 0.